The summed E-state index contributed by atoms with van der Waals surface area (Å²) < 4.78 is 35.9. The Labute approximate surface area is 178 Å². The Bertz CT molecular complexity index is 1150. The number of amides is 1. The van der Waals surface area contributed by atoms with Gasteiger partial charge in [0.1, 0.15) is 29.3 Å². The third-order valence-electron chi connectivity index (χ3n) is 6.89. The molecular weight excluding hydrogens is 402 g/mol. The molecule has 1 aromatic carbocycles. The molecule has 1 spiro atoms. The van der Waals surface area contributed by atoms with E-state index in [0.29, 0.717) is 44.3 Å². The number of pyridine rings is 1. The van der Waals surface area contributed by atoms with Gasteiger partial charge in [0, 0.05) is 44.4 Å². The molecule has 8 heteroatoms. The molecule has 3 fully saturated rings. The van der Waals surface area contributed by atoms with Crippen molar-refractivity contribution >= 4 is 17.4 Å². The lowest BCUT2D eigenvalue weighted by atomic mass is 9.89. The van der Waals surface area contributed by atoms with Gasteiger partial charge in [-0.2, -0.15) is 0 Å². The molecule has 6 rings (SSSR count). The van der Waals surface area contributed by atoms with Gasteiger partial charge in [-0.1, -0.05) is 6.07 Å². The minimum atomic E-state index is -0.853. The van der Waals surface area contributed by atoms with Crippen molar-refractivity contribution in [2.24, 2.45) is 0 Å². The van der Waals surface area contributed by atoms with Crippen LogP contribution in [-0.4, -0.2) is 45.1 Å². The maximum Gasteiger partial charge on any atom is 0.257 e. The van der Waals surface area contributed by atoms with E-state index in [2.05, 4.69) is 16.0 Å². The Morgan fingerprint density at radius 3 is 2.61 bits per heavy atom. The summed E-state index contributed by atoms with van der Waals surface area (Å²) in [6, 6.07) is 9.15. The lowest BCUT2D eigenvalue weighted by Gasteiger charge is -2.38. The summed E-state index contributed by atoms with van der Waals surface area (Å²) in [4.78, 5) is 21.8. The van der Waals surface area contributed by atoms with Gasteiger partial charge in [-0.3, -0.25) is 9.20 Å². The molecule has 3 aliphatic heterocycles. The first-order chi connectivity index (χ1) is 15.0. The molecule has 3 aromatic rings. The summed E-state index contributed by atoms with van der Waals surface area (Å²) in [6.45, 7) is 1.37. The maximum atomic E-state index is 13.8. The van der Waals surface area contributed by atoms with Gasteiger partial charge in [0.05, 0.1) is 6.04 Å². The van der Waals surface area contributed by atoms with Crippen molar-refractivity contribution in [1.29, 1.82) is 0 Å². The highest BCUT2D eigenvalue weighted by molar-refractivity contribution is 5.88. The largest absolute Gasteiger partial charge is 0.357 e. The first kappa shape index (κ1) is 18.7. The second-order valence-electron chi connectivity index (χ2n) is 8.60. The second-order valence-corrected chi connectivity index (χ2v) is 8.60. The van der Waals surface area contributed by atoms with Gasteiger partial charge < -0.3 is 14.5 Å². The quantitative estimate of drug-likeness (QED) is 0.630. The Morgan fingerprint density at radius 1 is 1.06 bits per heavy atom. The van der Waals surface area contributed by atoms with Crippen molar-refractivity contribution < 1.29 is 18.3 Å². The molecule has 0 bridgehead atoms. The van der Waals surface area contributed by atoms with Crippen LogP contribution in [0.1, 0.15) is 37.3 Å². The van der Waals surface area contributed by atoms with E-state index in [0.717, 1.165) is 17.5 Å². The number of carbonyl (C=O) groups is 1. The molecule has 160 valence electrons. The molecule has 0 unspecified atom stereocenters. The molecule has 2 atom stereocenters. The molecule has 0 saturated carbocycles. The number of imidazole rings is 1. The SMILES string of the molecule is O=C1N2[C@@H](CC[C@H]2c2cc(F)cc(F)c2)OC12CCN(c1cccc3nccn13)CC2. The number of piperidine rings is 1. The lowest BCUT2D eigenvalue weighted by Crippen LogP contribution is -2.50. The molecule has 5 heterocycles. The zero-order valence-electron chi connectivity index (χ0n) is 16.9. The fourth-order valence-electron chi connectivity index (χ4n) is 5.43. The number of hydrogen-bond acceptors (Lipinski definition) is 4. The van der Waals surface area contributed by atoms with E-state index in [1.807, 2.05) is 22.7 Å². The fraction of sp³-hybridized carbons (Fsp3) is 0.391. The number of nitrogens with zero attached hydrogens (tertiary/aromatic N) is 4. The number of rotatable bonds is 2. The van der Waals surface area contributed by atoms with E-state index in [1.165, 1.54) is 12.1 Å². The van der Waals surface area contributed by atoms with Crippen molar-refractivity contribution in [3.8, 4) is 0 Å². The average Bonchev–Trinajstić information content (AvgIpc) is 3.45. The molecule has 2 aromatic heterocycles. The zero-order chi connectivity index (χ0) is 21.2. The number of ether oxygens (including phenoxy) is 1. The van der Waals surface area contributed by atoms with E-state index in [1.54, 1.807) is 11.1 Å². The number of halogens is 2. The van der Waals surface area contributed by atoms with Crippen LogP contribution >= 0.6 is 0 Å². The molecule has 0 radical (unpaired) electrons. The lowest BCUT2D eigenvalue weighted by molar-refractivity contribution is -0.140. The van der Waals surface area contributed by atoms with Gasteiger partial charge in [0.15, 0.2) is 5.60 Å². The summed E-state index contributed by atoms with van der Waals surface area (Å²) in [7, 11) is 0. The Hall–Kier alpha value is -3.00. The van der Waals surface area contributed by atoms with Gasteiger partial charge in [0.25, 0.3) is 5.91 Å². The standard InChI is InChI=1S/C23H22F2N4O2/c24-16-12-15(13-17(25)14-16)18-4-5-21-29(18)22(30)23(31-21)6-9-27(10-7-23)20-3-1-2-19-26-8-11-28(19)20/h1-3,8,11-14,18,21H,4-7,9-10H2/t18-,21+/m0/s1. The summed E-state index contributed by atoms with van der Waals surface area (Å²) in [5.41, 5.74) is 0.532. The number of aromatic nitrogens is 2. The molecule has 6 nitrogen and oxygen atoms in total. The average molecular weight is 424 g/mol. The minimum absolute atomic E-state index is 0.0508. The van der Waals surface area contributed by atoms with Crippen molar-refractivity contribution in [3.63, 3.8) is 0 Å². The number of hydrogen-bond donors (Lipinski definition) is 0. The topological polar surface area (TPSA) is 50.1 Å². The van der Waals surface area contributed by atoms with Gasteiger partial charge >= 0.3 is 0 Å². The highest BCUT2D eigenvalue weighted by Crippen LogP contribution is 2.48. The predicted molar refractivity (Wildman–Crippen MR) is 109 cm³/mol. The van der Waals surface area contributed by atoms with Crippen molar-refractivity contribution in [2.45, 2.75) is 43.6 Å². The molecule has 0 N–H and O–H groups in total. The Balaban J connectivity index is 1.24. The molecule has 31 heavy (non-hydrogen) atoms. The van der Waals surface area contributed by atoms with Crippen LogP contribution in [0.15, 0.2) is 48.8 Å². The van der Waals surface area contributed by atoms with Crippen LogP contribution in [0.4, 0.5) is 14.6 Å². The van der Waals surface area contributed by atoms with Gasteiger partial charge in [-0.25, -0.2) is 13.8 Å². The van der Waals surface area contributed by atoms with Crippen LogP contribution < -0.4 is 4.90 Å². The van der Waals surface area contributed by atoms with Crippen molar-refractivity contribution in [1.82, 2.24) is 14.3 Å². The van der Waals surface area contributed by atoms with E-state index in [9.17, 15) is 13.6 Å². The molecule has 3 saturated heterocycles. The van der Waals surface area contributed by atoms with Crippen LogP contribution in [0, 0.1) is 11.6 Å². The van der Waals surface area contributed by atoms with Crippen LogP contribution in [-0.2, 0) is 9.53 Å². The summed E-state index contributed by atoms with van der Waals surface area (Å²) in [5, 5.41) is 0. The normalized spacial score (nSPS) is 25.0. The van der Waals surface area contributed by atoms with Crippen molar-refractivity contribution in [2.75, 3.05) is 18.0 Å². The zero-order valence-corrected chi connectivity index (χ0v) is 16.9. The van der Waals surface area contributed by atoms with Crippen LogP contribution in [0.2, 0.25) is 0 Å². The number of benzene rings is 1. The van der Waals surface area contributed by atoms with E-state index in [-0.39, 0.29) is 18.2 Å². The highest BCUT2D eigenvalue weighted by Gasteiger charge is 2.58. The fourth-order valence-corrected chi connectivity index (χ4v) is 5.43. The highest BCUT2D eigenvalue weighted by atomic mass is 19.1. The van der Waals surface area contributed by atoms with Crippen LogP contribution in [0.5, 0.6) is 0 Å². The summed E-state index contributed by atoms with van der Waals surface area (Å²) >= 11 is 0. The van der Waals surface area contributed by atoms with E-state index < -0.39 is 17.2 Å². The predicted octanol–water partition coefficient (Wildman–Crippen LogP) is 3.67. The molecular formula is C23H22F2N4O2. The first-order valence-corrected chi connectivity index (χ1v) is 10.7. The smallest absolute Gasteiger partial charge is 0.257 e. The van der Waals surface area contributed by atoms with E-state index in [4.69, 9.17) is 4.74 Å². The number of carbonyl (C=O) groups excluding carboxylic acids is 1. The molecule has 1 amide bonds. The molecule has 0 aliphatic carbocycles. The third-order valence-corrected chi connectivity index (χ3v) is 6.89. The summed E-state index contributed by atoms with van der Waals surface area (Å²) in [5.74, 6) is -0.250. The van der Waals surface area contributed by atoms with Gasteiger partial charge in [0.2, 0.25) is 0 Å². The number of fused-ring (bicyclic) bond motifs is 2. The van der Waals surface area contributed by atoms with Crippen molar-refractivity contribution in [3.05, 3.63) is 66.0 Å². The maximum absolute atomic E-state index is 13.8. The molecule has 3 aliphatic rings. The number of anilines is 1. The van der Waals surface area contributed by atoms with Crippen LogP contribution in [0.3, 0.4) is 0 Å². The van der Waals surface area contributed by atoms with E-state index >= 15 is 0 Å². The Morgan fingerprint density at radius 2 is 1.84 bits per heavy atom. The Kier molecular flexibility index (Phi) is 4.08. The first-order valence-electron chi connectivity index (χ1n) is 10.7. The third kappa shape index (κ3) is 2.85. The van der Waals surface area contributed by atoms with Gasteiger partial charge in [-0.05, 0) is 42.7 Å². The minimum Gasteiger partial charge on any atom is -0.357 e. The van der Waals surface area contributed by atoms with Crippen LogP contribution in [0.25, 0.3) is 5.65 Å². The summed E-state index contributed by atoms with van der Waals surface area (Å²) in [6.07, 6.45) is 5.86. The van der Waals surface area contributed by atoms with Gasteiger partial charge in [-0.15, -0.1) is 0 Å². The second kappa shape index (κ2) is 6.75. The monoisotopic (exact) mass is 424 g/mol.